The van der Waals surface area contributed by atoms with Gasteiger partial charge in [0.25, 0.3) is 5.91 Å². The highest BCUT2D eigenvalue weighted by molar-refractivity contribution is 7.17. The van der Waals surface area contributed by atoms with Gasteiger partial charge in [-0.2, -0.15) is 0 Å². The number of esters is 1. The van der Waals surface area contributed by atoms with Crippen molar-refractivity contribution in [2.24, 2.45) is 5.92 Å². The molecule has 1 saturated heterocycles. The lowest BCUT2D eigenvalue weighted by molar-refractivity contribution is -0.112. The van der Waals surface area contributed by atoms with E-state index in [1.54, 1.807) is 12.2 Å². The van der Waals surface area contributed by atoms with Gasteiger partial charge in [0.15, 0.2) is 0 Å². The first-order valence-corrected chi connectivity index (χ1v) is 10.5. The molecule has 1 N–H and O–H groups in total. The van der Waals surface area contributed by atoms with Gasteiger partial charge in [-0.05, 0) is 50.7 Å². The molecule has 1 aromatic rings. The minimum absolute atomic E-state index is 0.135. The summed E-state index contributed by atoms with van der Waals surface area (Å²) < 4.78 is 16.3. The lowest BCUT2D eigenvalue weighted by Gasteiger charge is -2.19. The maximum atomic E-state index is 12.9. The van der Waals surface area contributed by atoms with Gasteiger partial charge in [0.05, 0.1) is 11.7 Å². The molecule has 1 amide bonds. The third-order valence-electron chi connectivity index (χ3n) is 5.20. The summed E-state index contributed by atoms with van der Waals surface area (Å²) >= 11 is 1.49. The summed E-state index contributed by atoms with van der Waals surface area (Å²) in [5.41, 5.74) is 2.06. The van der Waals surface area contributed by atoms with Crippen LogP contribution in [0.2, 0.25) is 0 Å². The number of nitrogens with one attached hydrogen (secondary N) is 1. The number of amides is 1. The smallest absolute Gasteiger partial charge is 0.341 e. The number of carbonyl (C=O) groups excluding carboxylic acids is 2. The Kier molecular flexibility index (Phi) is 5.40. The van der Waals surface area contributed by atoms with Crippen molar-refractivity contribution in [1.82, 2.24) is 0 Å². The Bertz CT molecular complexity index is 853. The van der Waals surface area contributed by atoms with Gasteiger partial charge in [0, 0.05) is 10.5 Å². The molecular formula is C21H25NO5S. The van der Waals surface area contributed by atoms with E-state index >= 15 is 0 Å². The third kappa shape index (κ3) is 3.79. The second-order valence-electron chi connectivity index (χ2n) is 7.83. The fourth-order valence-corrected chi connectivity index (χ4v) is 5.17. The average Bonchev–Trinajstić information content (AvgIpc) is 3.23. The van der Waals surface area contributed by atoms with E-state index in [1.807, 2.05) is 19.9 Å². The first-order chi connectivity index (χ1) is 13.4. The van der Waals surface area contributed by atoms with Crippen molar-refractivity contribution in [1.29, 1.82) is 0 Å². The lowest BCUT2D eigenvalue weighted by Crippen LogP contribution is -2.25. The summed E-state index contributed by atoms with van der Waals surface area (Å²) in [6.07, 6.45) is 7.56. The minimum Gasteiger partial charge on any atom is -0.459 e. The number of carbonyl (C=O) groups is 2. The molecule has 3 atom stereocenters. The van der Waals surface area contributed by atoms with Gasteiger partial charge in [-0.1, -0.05) is 19.1 Å². The molecule has 1 aromatic heterocycles. The Labute approximate surface area is 168 Å². The van der Waals surface area contributed by atoms with Crippen LogP contribution in [0.15, 0.2) is 23.8 Å². The molecular weight excluding hydrogens is 378 g/mol. The summed E-state index contributed by atoms with van der Waals surface area (Å²) in [5, 5.41) is 3.53. The molecule has 0 aromatic carbocycles. The standard InChI is InChI=1S/C21H25NO5S/c1-11(2)27-21(24)18-14-6-4-12(3)8-17(14)28-20(18)22-19(23)13-5-7-15-16(9-13)26-10-25-15/h5,7,9,11-12,15-16H,4,6,8,10H2,1-3H3,(H,22,23). The molecule has 2 aliphatic carbocycles. The summed E-state index contributed by atoms with van der Waals surface area (Å²) in [4.78, 5) is 26.8. The SMILES string of the molecule is CC1CCc2c(sc(NC(=O)C3=CC4OCOC4C=C3)c2C(=O)OC(C)C)C1. The van der Waals surface area contributed by atoms with Crippen molar-refractivity contribution >= 4 is 28.2 Å². The zero-order chi connectivity index (χ0) is 19.8. The molecule has 1 aliphatic heterocycles. The number of fused-ring (bicyclic) bond motifs is 2. The molecule has 0 bridgehead atoms. The van der Waals surface area contributed by atoms with Gasteiger partial charge in [0.1, 0.15) is 24.0 Å². The van der Waals surface area contributed by atoms with E-state index in [0.29, 0.717) is 22.1 Å². The van der Waals surface area contributed by atoms with Crippen molar-refractivity contribution in [2.45, 2.75) is 58.3 Å². The van der Waals surface area contributed by atoms with Crippen LogP contribution < -0.4 is 5.32 Å². The van der Waals surface area contributed by atoms with Crippen molar-refractivity contribution in [3.63, 3.8) is 0 Å². The molecule has 28 heavy (non-hydrogen) atoms. The van der Waals surface area contributed by atoms with E-state index in [0.717, 1.165) is 24.8 Å². The van der Waals surface area contributed by atoms with Gasteiger partial charge in [-0.25, -0.2) is 4.79 Å². The number of ether oxygens (including phenoxy) is 3. The second-order valence-corrected chi connectivity index (χ2v) is 8.93. The second kappa shape index (κ2) is 7.81. The van der Waals surface area contributed by atoms with Crippen LogP contribution in [0, 0.1) is 5.92 Å². The molecule has 6 nitrogen and oxygen atoms in total. The van der Waals surface area contributed by atoms with Gasteiger partial charge in [-0.3, -0.25) is 4.79 Å². The Morgan fingerprint density at radius 3 is 2.86 bits per heavy atom. The zero-order valence-electron chi connectivity index (χ0n) is 16.3. The van der Waals surface area contributed by atoms with E-state index in [1.165, 1.54) is 16.2 Å². The zero-order valence-corrected chi connectivity index (χ0v) is 17.1. The summed E-state index contributed by atoms with van der Waals surface area (Å²) in [7, 11) is 0. The fourth-order valence-electron chi connectivity index (χ4n) is 3.78. The maximum absolute atomic E-state index is 12.9. The van der Waals surface area contributed by atoms with E-state index in [4.69, 9.17) is 14.2 Å². The first-order valence-electron chi connectivity index (χ1n) is 9.72. The summed E-state index contributed by atoms with van der Waals surface area (Å²) in [6, 6.07) is 0. The highest BCUT2D eigenvalue weighted by Crippen LogP contribution is 2.40. The summed E-state index contributed by atoms with van der Waals surface area (Å²) in [5.74, 6) is -0.0438. The quantitative estimate of drug-likeness (QED) is 0.778. The van der Waals surface area contributed by atoms with Crippen molar-refractivity contribution < 1.29 is 23.8 Å². The number of anilines is 1. The van der Waals surface area contributed by atoms with E-state index in [-0.39, 0.29) is 37.0 Å². The fraction of sp³-hybridized carbons (Fsp3) is 0.524. The molecule has 3 unspecified atom stereocenters. The third-order valence-corrected chi connectivity index (χ3v) is 6.37. The van der Waals surface area contributed by atoms with Crippen molar-refractivity contribution in [3.8, 4) is 0 Å². The largest absolute Gasteiger partial charge is 0.459 e. The molecule has 1 fully saturated rings. The van der Waals surface area contributed by atoms with Crippen LogP contribution in [-0.2, 0) is 31.8 Å². The monoisotopic (exact) mass is 403 g/mol. The molecule has 0 spiro atoms. The van der Waals surface area contributed by atoms with Crippen LogP contribution >= 0.6 is 11.3 Å². The van der Waals surface area contributed by atoms with E-state index in [2.05, 4.69) is 12.2 Å². The van der Waals surface area contributed by atoms with Crippen LogP contribution in [0.25, 0.3) is 0 Å². The van der Waals surface area contributed by atoms with E-state index in [9.17, 15) is 9.59 Å². The van der Waals surface area contributed by atoms with Gasteiger partial charge in [-0.15, -0.1) is 11.3 Å². The number of hydrogen-bond acceptors (Lipinski definition) is 6. The molecule has 4 rings (SSSR count). The van der Waals surface area contributed by atoms with Crippen LogP contribution in [-0.4, -0.2) is 37.0 Å². The number of thiophene rings is 1. The molecule has 7 heteroatoms. The Balaban J connectivity index is 1.61. The van der Waals surface area contributed by atoms with Gasteiger partial charge in [0.2, 0.25) is 0 Å². The Morgan fingerprint density at radius 1 is 1.29 bits per heavy atom. The summed E-state index contributed by atoms with van der Waals surface area (Å²) in [6.45, 7) is 6.10. The van der Waals surface area contributed by atoms with E-state index < -0.39 is 0 Å². The van der Waals surface area contributed by atoms with Crippen LogP contribution in [0.4, 0.5) is 5.00 Å². The first kappa shape index (κ1) is 19.4. The number of rotatable bonds is 4. The molecule has 150 valence electrons. The van der Waals surface area contributed by atoms with Crippen LogP contribution in [0.5, 0.6) is 0 Å². The molecule has 3 aliphatic rings. The van der Waals surface area contributed by atoms with Gasteiger partial charge < -0.3 is 19.5 Å². The molecule has 2 heterocycles. The molecule has 0 saturated carbocycles. The van der Waals surface area contributed by atoms with Crippen LogP contribution in [0.3, 0.4) is 0 Å². The highest BCUT2D eigenvalue weighted by Gasteiger charge is 2.32. The Morgan fingerprint density at radius 2 is 2.07 bits per heavy atom. The predicted octanol–water partition coefficient (Wildman–Crippen LogP) is 3.61. The van der Waals surface area contributed by atoms with Crippen molar-refractivity contribution in [2.75, 3.05) is 12.1 Å². The normalized spacial score (nSPS) is 25.9. The average molecular weight is 404 g/mol. The predicted molar refractivity (Wildman–Crippen MR) is 107 cm³/mol. The molecule has 0 radical (unpaired) electrons. The lowest BCUT2D eigenvalue weighted by atomic mass is 9.88. The maximum Gasteiger partial charge on any atom is 0.341 e. The van der Waals surface area contributed by atoms with Crippen molar-refractivity contribution in [3.05, 3.63) is 39.8 Å². The Hall–Kier alpha value is -1.96. The van der Waals surface area contributed by atoms with Crippen LogP contribution in [0.1, 0.15) is 48.0 Å². The van der Waals surface area contributed by atoms with Gasteiger partial charge >= 0.3 is 5.97 Å². The topological polar surface area (TPSA) is 73.9 Å². The number of hydrogen-bond donors (Lipinski definition) is 1. The minimum atomic E-state index is -0.363. The highest BCUT2D eigenvalue weighted by atomic mass is 32.1.